The summed E-state index contributed by atoms with van der Waals surface area (Å²) in [6, 6.07) is 5.64. The molecule has 0 amide bonds. The van der Waals surface area contributed by atoms with Crippen LogP contribution in [-0.4, -0.2) is 7.05 Å². The summed E-state index contributed by atoms with van der Waals surface area (Å²) in [6.07, 6.45) is 3.31. The van der Waals surface area contributed by atoms with Crippen LogP contribution in [0.25, 0.3) is 0 Å². The fourth-order valence-electron chi connectivity index (χ4n) is 2.27. The van der Waals surface area contributed by atoms with E-state index in [4.69, 9.17) is 0 Å². The molecule has 0 radical (unpaired) electrons. The number of aryl methyl sites for hydroxylation is 1. The van der Waals surface area contributed by atoms with Gasteiger partial charge in [-0.3, -0.25) is 0 Å². The first-order valence-corrected chi connectivity index (χ1v) is 6.55. The number of benzene rings is 1. The van der Waals surface area contributed by atoms with Crippen molar-refractivity contribution in [1.82, 2.24) is 5.32 Å². The van der Waals surface area contributed by atoms with Gasteiger partial charge in [0, 0.05) is 11.6 Å². The maximum absolute atomic E-state index is 13.9. The molecule has 1 N–H and O–H groups in total. The summed E-state index contributed by atoms with van der Waals surface area (Å²) in [6.45, 7) is 6.32. The highest BCUT2D eigenvalue weighted by Gasteiger charge is 2.17. The minimum Gasteiger partial charge on any atom is -0.313 e. The molecule has 2 heteroatoms. The molecule has 1 aromatic rings. The van der Waals surface area contributed by atoms with Gasteiger partial charge in [-0.1, -0.05) is 38.8 Å². The number of nitrogens with one attached hydrogen (secondary N) is 1. The van der Waals surface area contributed by atoms with Crippen molar-refractivity contribution in [3.8, 4) is 0 Å². The van der Waals surface area contributed by atoms with E-state index in [2.05, 4.69) is 19.2 Å². The number of halogens is 1. The molecule has 0 spiro atoms. The highest BCUT2D eigenvalue weighted by Crippen LogP contribution is 2.27. The van der Waals surface area contributed by atoms with Crippen LogP contribution in [0.4, 0.5) is 4.39 Å². The molecular formula is C15H24FN. The van der Waals surface area contributed by atoms with E-state index in [0.717, 1.165) is 30.4 Å². The average molecular weight is 237 g/mol. The fraction of sp³-hybridized carbons (Fsp3) is 0.600. The standard InChI is InChI=1S/C15H24FN/c1-5-12(6-2)10-15(17-4)13-8-7-11(3)9-14(13)16/h7-9,12,15,17H,5-6,10H2,1-4H3. The van der Waals surface area contributed by atoms with Crippen molar-refractivity contribution in [2.24, 2.45) is 5.92 Å². The van der Waals surface area contributed by atoms with Crippen molar-refractivity contribution >= 4 is 0 Å². The quantitative estimate of drug-likeness (QED) is 0.781. The summed E-state index contributed by atoms with van der Waals surface area (Å²) in [7, 11) is 1.91. The summed E-state index contributed by atoms with van der Waals surface area (Å²) in [5.74, 6) is 0.573. The molecule has 1 atom stereocenters. The largest absolute Gasteiger partial charge is 0.313 e. The zero-order valence-electron chi connectivity index (χ0n) is 11.4. The first-order chi connectivity index (χ1) is 8.12. The van der Waals surface area contributed by atoms with E-state index in [9.17, 15) is 4.39 Å². The Bertz CT molecular complexity index is 345. The monoisotopic (exact) mass is 237 g/mol. The van der Waals surface area contributed by atoms with Crippen molar-refractivity contribution in [3.05, 3.63) is 35.1 Å². The number of hydrogen-bond donors (Lipinski definition) is 1. The second kappa shape index (κ2) is 6.75. The smallest absolute Gasteiger partial charge is 0.128 e. The first kappa shape index (κ1) is 14.2. The van der Waals surface area contributed by atoms with Crippen LogP contribution in [0.3, 0.4) is 0 Å². The molecule has 0 saturated carbocycles. The Balaban J connectivity index is 2.85. The van der Waals surface area contributed by atoms with Gasteiger partial charge in [-0.25, -0.2) is 4.39 Å². The van der Waals surface area contributed by atoms with Crippen LogP contribution in [0.1, 0.15) is 50.3 Å². The Morgan fingerprint density at radius 1 is 1.24 bits per heavy atom. The lowest BCUT2D eigenvalue weighted by Crippen LogP contribution is -2.20. The van der Waals surface area contributed by atoms with Crippen LogP contribution in [0.2, 0.25) is 0 Å². The Labute approximate surface area is 104 Å². The van der Waals surface area contributed by atoms with Gasteiger partial charge >= 0.3 is 0 Å². The average Bonchev–Trinajstić information content (AvgIpc) is 2.32. The van der Waals surface area contributed by atoms with Gasteiger partial charge in [0.15, 0.2) is 0 Å². The zero-order valence-corrected chi connectivity index (χ0v) is 11.4. The third-order valence-electron chi connectivity index (χ3n) is 3.60. The molecule has 0 fully saturated rings. The van der Waals surface area contributed by atoms with Gasteiger partial charge in [0.1, 0.15) is 5.82 Å². The number of rotatable bonds is 6. The van der Waals surface area contributed by atoms with Gasteiger partial charge in [0.2, 0.25) is 0 Å². The van der Waals surface area contributed by atoms with Gasteiger partial charge < -0.3 is 5.32 Å². The molecule has 96 valence electrons. The summed E-state index contributed by atoms with van der Waals surface area (Å²) in [5, 5.41) is 3.24. The normalized spacial score (nSPS) is 13.1. The van der Waals surface area contributed by atoms with E-state index < -0.39 is 0 Å². The minimum absolute atomic E-state index is 0.0877. The molecule has 1 unspecified atom stereocenters. The summed E-state index contributed by atoms with van der Waals surface area (Å²) >= 11 is 0. The molecule has 0 saturated heterocycles. The van der Waals surface area contributed by atoms with E-state index in [1.54, 1.807) is 6.07 Å². The Hall–Kier alpha value is -0.890. The summed E-state index contributed by atoms with van der Waals surface area (Å²) in [5.41, 5.74) is 1.77. The van der Waals surface area contributed by atoms with Crippen LogP contribution in [0, 0.1) is 18.7 Å². The molecule has 17 heavy (non-hydrogen) atoms. The molecule has 0 aliphatic carbocycles. The molecule has 1 aromatic carbocycles. The topological polar surface area (TPSA) is 12.0 Å². The minimum atomic E-state index is -0.0877. The molecular weight excluding hydrogens is 213 g/mol. The third kappa shape index (κ3) is 3.81. The maximum Gasteiger partial charge on any atom is 0.128 e. The van der Waals surface area contributed by atoms with Gasteiger partial charge in [-0.05, 0) is 37.9 Å². The van der Waals surface area contributed by atoms with Crippen molar-refractivity contribution in [1.29, 1.82) is 0 Å². The lowest BCUT2D eigenvalue weighted by molar-refractivity contribution is 0.378. The molecule has 1 rings (SSSR count). The van der Waals surface area contributed by atoms with Crippen molar-refractivity contribution < 1.29 is 4.39 Å². The molecule has 1 nitrogen and oxygen atoms in total. The third-order valence-corrected chi connectivity index (χ3v) is 3.60. The van der Waals surface area contributed by atoms with Gasteiger partial charge in [-0.2, -0.15) is 0 Å². The number of hydrogen-bond acceptors (Lipinski definition) is 1. The van der Waals surface area contributed by atoms with Crippen LogP contribution in [0.15, 0.2) is 18.2 Å². The fourth-order valence-corrected chi connectivity index (χ4v) is 2.27. The van der Waals surface area contributed by atoms with Gasteiger partial charge in [-0.15, -0.1) is 0 Å². The predicted molar refractivity (Wildman–Crippen MR) is 71.6 cm³/mol. The lowest BCUT2D eigenvalue weighted by atomic mass is 9.90. The van der Waals surface area contributed by atoms with Gasteiger partial charge in [0.25, 0.3) is 0 Å². The van der Waals surface area contributed by atoms with Crippen molar-refractivity contribution in [2.75, 3.05) is 7.05 Å². The lowest BCUT2D eigenvalue weighted by Gasteiger charge is -2.22. The van der Waals surface area contributed by atoms with E-state index in [1.807, 2.05) is 26.1 Å². The van der Waals surface area contributed by atoms with E-state index in [-0.39, 0.29) is 11.9 Å². The Morgan fingerprint density at radius 2 is 1.88 bits per heavy atom. The second-order valence-corrected chi connectivity index (χ2v) is 4.78. The Kier molecular flexibility index (Phi) is 5.63. The molecule has 0 heterocycles. The molecule has 0 bridgehead atoms. The molecule has 0 aliphatic heterocycles. The highest BCUT2D eigenvalue weighted by atomic mass is 19.1. The van der Waals surface area contributed by atoms with Crippen LogP contribution in [-0.2, 0) is 0 Å². The van der Waals surface area contributed by atoms with E-state index in [1.165, 1.54) is 0 Å². The maximum atomic E-state index is 13.9. The van der Waals surface area contributed by atoms with Crippen LogP contribution in [0.5, 0.6) is 0 Å². The van der Waals surface area contributed by atoms with Crippen LogP contribution < -0.4 is 5.32 Å². The molecule has 0 aliphatic rings. The second-order valence-electron chi connectivity index (χ2n) is 4.78. The SMILES string of the molecule is CCC(CC)CC(NC)c1ccc(C)cc1F. The Morgan fingerprint density at radius 3 is 2.35 bits per heavy atom. The van der Waals surface area contributed by atoms with Crippen molar-refractivity contribution in [2.45, 2.75) is 46.1 Å². The highest BCUT2D eigenvalue weighted by molar-refractivity contribution is 5.26. The van der Waals surface area contributed by atoms with Crippen molar-refractivity contribution in [3.63, 3.8) is 0 Å². The van der Waals surface area contributed by atoms with Gasteiger partial charge in [0.05, 0.1) is 0 Å². The predicted octanol–water partition coefficient (Wildman–Crippen LogP) is 4.22. The molecule has 0 aromatic heterocycles. The zero-order chi connectivity index (χ0) is 12.8. The first-order valence-electron chi connectivity index (χ1n) is 6.55. The summed E-state index contributed by atoms with van der Waals surface area (Å²) < 4.78 is 13.9. The van der Waals surface area contributed by atoms with E-state index in [0.29, 0.717) is 5.92 Å². The summed E-state index contributed by atoms with van der Waals surface area (Å²) in [4.78, 5) is 0. The van der Waals surface area contributed by atoms with E-state index >= 15 is 0 Å². The van der Waals surface area contributed by atoms with Crippen LogP contribution >= 0.6 is 0 Å².